The number of carbonyl (C=O) groups excluding carboxylic acids is 1. The molecular weight excluding hydrogens is 482 g/mol. The molecule has 2 aromatic rings. The Bertz CT molecular complexity index is 1110. The zero-order valence-corrected chi connectivity index (χ0v) is 19.8. The van der Waals surface area contributed by atoms with E-state index in [1.807, 2.05) is 31.2 Å². The Morgan fingerprint density at radius 2 is 1.84 bits per heavy atom. The molecule has 0 N–H and O–H groups in total. The molecule has 0 bridgehead atoms. The number of aryl methyl sites for hydroxylation is 1. The number of esters is 1. The number of nitrogens with zero attached hydrogens (tertiary/aromatic N) is 1. The van der Waals surface area contributed by atoms with Gasteiger partial charge in [-0.15, -0.1) is 0 Å². The molecule has 0 amide bonds. The Kier molecular flexibility index (Phi) is 5.98. The Balaban J connectivity index is 1.76. The molecule has 1 fully saturated rings. The summed E-state index contributed by atoms with van der Waals surface area (Å²) in [4.78, 5) is 12.6. The lowest BCUT2D eigenvalue weighted by molar-refractivity contribution is -0.151. The van der Waals surface area contributed by atoms with Crippen LogP contribution in [-0.4, -0.2) is 38.1 Å². The second-order valence-corrected chi connectivity index (χ2v) is 10.7. The van der Waals surface area contributed by atoms with Crippen LogP contribution in [0.1, 0.15) is 36.3 Å². The van der Waals surface area contributed by atoms with Crippen molar-refractivity contribution in [1.82, 2.24) is 4.31 Å². The molecule has 0 aliphatic carbocycles. The molecule has 164 valence electrons. The summed E-state index contributed by atoms with van der Waals surface area (Å²) in [5, 5.41) is 0. The summed E-state index contributed by atoms with van der Waals surface area (Å²) in [6.07, 6.45) is 3.29. The molecule has 2 atom stereocenters. The molecule has 0 aromatic heterocycles. The first-order valence-electron chi connectivity index (χ1n) is 10.1. The van der Waals surface area contributed by atoms with E-state index >= 15 is 0 Å². The average molecular weight is 506 g/mol. The fourth-order valence-electron chi connectivity index (χ4n) is 4.31. The van der Waals surface area contributed by atoms with Crippen LogP contribution in [-0.2, 0) is 24.3 Å². The van der Waals surface area contributed by atoms with Gasteiger partial charge in [-0.2, -0.15) is 4.31 Å². The van der Waals surface area contributed by atoms with E-state index in [1.165, 1.54) is 11.4 Å². The van der Waals surface area contributed by atoms with Crippen LogP contribution >= 0.6 is 15.9 Å². The van der Waals surface area contributed by atoms with Gasteiger partial charge in [0.2, 0.25) is 15.8 Å². The van der Waals surface area contributed by atoms with Crippen molar-refractivity contribution in [2.75, 3.05) is 13.7 Å². The van der Waals surface area contributed by atoms with Gasteiger partial charge in [0.05, 0.1) is 12.0 Å². The van der Waals surface area contributed by atoms with Crippen LogP contribution in [0.3, 0.4) is 0 Å². The van der Waals surface area contributed by atoms with Crippen molar-refractivity contribution in [2.24, 2.45) is 0 Å². The van der Waals surface area contributed by atoms with E-state index in [1.54, 1.807) is 30.3 Å². The molecule has 0 radical (unpaired) electrons. The van der Waals surface area contributed by atoms with Crippen molar-refractivity contribution in [1.29, 1.82) is 0 Å². The highest BCUT2D eigenvalue weighted by Crippen LogP contribution is 2.47. The highest BCUT2D eigenvalue weighted by atomic mass is 79.9. The molecule has 0 saturated carbocycles. The molecular formula is C23H24BrNO5S. The first kappa shape index (κ1) is 22.0. The van der Waals surface area contributed by atoms with E-state index in [2.05, 4.69) is 15.9 Å². The van der Waals surface area contributed by atoms with Crippen molar-refractivity contribution in [3.8, 4) is 0 Å². The molecule has 2 aromatic carbocycles. The standard InChI is InChI=1S/C23H24BrNO5S/c1-16-4-10-20(11-5-16)31(27,28)25-13-3-12-23(25)15-18(14-21(30-23)22(26)29-2)17-6-8-19(24)9-7-17/h4-11,14,18H,3,12-13,15H2,1-2H3/t18-,23+/m0/s1. The summed E-state index contributed by atoms with van der Waals surface area (Å²) in [5.74, 6) is -0.752. The number of allylic oxidation sites excluding steroid dienone is 1. The van der Waals surface area contributed by atoms with E-state index in [0.29, 0.717) is 25.8 Å². The second kappa shape index (κ2) is 8.41. The van der Waals surface area contributed by atoms with Crippen molar-refractivity contribution in [3.63, 3.8) is 0 Å². The van der Waals surface area contributed by atoms with Gasteiger partial charge in [0.25, 0.3) is 0 Å². The molecule has 0 unspecified atom stereocenters. The number of ether oxygens (including phenoxy) is 2. The number of benzene rings is 2. The lowest BCUT2D eigenvalue weighted by Crippen LogP contribution is -2.51. The van der Waals surface area contributed by atoms with E-state index in [9.17, 15) is 13.2 Å². The molecule has 8 heteroatoms. The Hall–Kier alpha value is -2.16. The van der Waals surface area contributed by atoms with Gasteiger partial charge in [0.15, 0.2) is 5.72 Å². The fourth-order valence-corrected chi connectivity index (χ4v) is 6.32. The monoisotopic (exact) mass is 505 g/mol. The SMILES string of the molecule is COC(=O)C1=C[C@H](c2ccc(Br)cc2)C[C@@]2(CCCN2S(=O)(=O)c2ccc(C)cc2)O1. The highest BCUT2D eigenvalue weighted by molar-refractivity contribution is 9.10. The Morgan fingerprint density at radius 3 is 2.48 bits per heavy atom. The van der Waals surface area contributed by atoms with Gasteiger partial charge in [0.1, 0.15) is 0 Å². The number of hydrogen-bond donors (Lipinski definition) is 0. The summed E-state index contributed by atoms with van der Waals surface area (Å²) in [6.45, 7) is 2.24. The van der Waals surface area contributed by atoms with Gasteiger partial charge in [0, 0.05) is 29.8 Å². The topological polar surface area (TPSA) is 72.9 Å². The fraction of sp³-hybridized carbons (Fsp3) is 0.348. The van der Waals surface area contributed by atoms with Gasteiger partial charge in [-0.05, 0) is 49.2 Å². The number of methoxy groups -OCH3 is 1. The van der Waals surface area contributed by atoms with E-state index in [-0.39, 0.29) is 16.6 Å². The Labute approximate surface area is 191 Å². The largest absolute Gasteiger partial charge is 0.464 e. The Morgan fingerprint density at radius 1 is 1.16 bits per heavy atom. The summed E-state index contributed by atoms with van der Waals surface area (Å²) in [6, 6.07) is 14.6. The molecule has 1 spiro atoms. The van der Waals surface area contributed by atoms with Crippen LogP contribution in [0.25, 0.3) is 0 Å². The van der Waals surface area contributed by atoms with Gasteiger partial charge < -0.3 is 9.47 Å². The first-order valence-corrected chi connectivity index (χ1v) is 12.3. The third-order valence-electron chi connectivity index (χ3n) is 5.87. The van der Waals surface area contributed by atoms with Crippen LogP contribution in [0, 0.1) is 6.92 Å². The van der Waals surface area contributed by atoms with Crippen LogP contribution < -0.4 is 0 Å². The second-order valence-electron chi connectivity index (χ2n) is 7.93. The van der Waals surface area contributed by atoms with Crippen molar-refractivity contribution < 1.29 is 22.7 Å². The molecule has 2 aliphatic rings. The zero-order valence-electron chi connectivity index (χ0n) is 17.4. The molecule has 1 saturated heterocycles. The summed E-state index contributed by atoms with van der Waals surface area (Å²) in [7, 11) is -2.52. The summed E-state index contributed by atoms with van der Waals surface area (Å²) >= 11 is 3.44. The number of sulfonamides is 1. The molecule has 4 rings (SSSR count). The third kappa shape index (κ3) is 4.16. The average Bonchev–Trinajstić information content (AvgIpc) is 3.16. The zero-order chi connectivity index (χ0) is 22.2. The maximum absolute atomic E-state index is 13.6. The molecule has 6 nitrogen and oxygen atoms in total. The predicted molar refractivity (Wildman–Crippen MR) is 120 cm³/mol. The molecule has 2 aliphatic heterocycles. The van der Waals surface area contributed by atoms with Crippen molar-refractivity contribution >= 4 is 31.9 Å². The quantitative estimate of drug-likeness (QED) is 0.572. The smallest absolute Gasteiger partial charge is 0.373 e. The van der Waals surface area contributed by atoms with E-state index < -0.39 is 21.7 Å². The highest BCUT2D eigenvalue weighted by Gasteiger charge is 2.53. The van der Waals surface area contributed by atoms with Crippen molar-refractivity contribution in [3.05, 3.63) is 76.0 Å². The maximum atomic E-state index is 13.6. The van der Waals surface area contributed by atoms with Crippen LogP contribution in [0.15, 0.2) is 69.7 Å². The van der Waals surface area contributed by atoms with E-state index in [4.69, 9.17) is 9.47 Å². The normalized spacial score (nSPS) is 24.0. The lowest BCUT2D eigenvalue weighted by Gasteiger charge is -2.42. The number of carbonyl (C=O) groups is 1. The van der Waals surface area contributed by atoms with Crippen LogP contribution in [0.2, 0.25) is 0 Å². The lowest BCUT2D eigenvalue weighted by atomic mass is 9.87. The number of hydrogen-bond acceptors (Lipinski definition) is 5. The van der Waals surface area contributed by atoms with Gasteiger partial charge in [-0.3, -0.25) is 0 Å². The summed E-state index contributed by atoms with van der Waals surface area (Å²) in [5.41, 5.74) is 0.821. The summed E-state index contributed by atoms with van der Waals surface area (Å²) < 4.78 is 40.5. The maximum Gasteiger partial charge on any atom is 0.373 e. The predicted octanol–water partition coefficient (Wildman–Crippen LogP) is 4.50. The minimum absolute atomic E-state index is 0.0488. The number of halogens is 1. The molecule has 2 heterocycles. The first-order chi connectivity index (χ1) is 14.7. The van der Waals surface area contributed by atoms with Gasteiger partial charge in [-0.25, -0.2) is 13.2 Å². The van der Waals surface area contributed by atoms with Crippen LogP contribution in [0.4, 0.5) is 0 Å². The third-order valence-corrected chi connectivity index (χ3v) is 8.36. The van der Waals surface area contributed by atoms with Crippen LogP contribution in [0.5, 0.6) is 0 Å². The minimum atomic E-state index is -3.81. The molecule has 31 heavy (non-hydrogen) atoms. The van der Waals surface area contributed by atoms with Gasteiger partial charge in [-0.1, -0.05) is 45.8 Å². The minimum Gasteiger partial charge on any atom is -0.464 e. The van der Waals surface area contributed by atoms with E-state index in [0.717, 1.165) is 15.6 Å². The number of rotatable bonds is 4. The van der Waals surface area contributed by atoms with Gasteiger partial charge >= 0.3 is 5.97 Å². The van der Waals surface area contributed by atoms with Crippen molar-refractivity contribution in [2.45, 2.75) is 42.7 Å².